The second-order valence-corrected chi connectivity index (χ2v) is 6.90. The van der Waals surface area contributed by atoms with Crippen molar-refractivity contribution in [1.82, 2.24) is 4.90 Å². The van der Waals surface area contributed by atoms with E-state index >= 15 is 0 Å². The summed E-state index contributed by atoms with van der Waals surface area (Å²) in [5.74, 6) is -1.24. The summed E-state index contributed by atoms with van der Waals surface area (Å²) in [5, 5.41) is 2.50. The van der Waals surface area contributed by atoms with E-state index in [0.717, 1.165) is 6.07 Å². The molecule has 0 fully saturated rings. The van der Waals surface area contributed by atoms with Crippen molar-refractivity contribution in [1.29, 1.82) is 0 Å². The molecule has 0 aliphatic carbocycles. The predicted molar refractivity (Wildman–Crippen MR) is 97.9 cm³/mol. The van der Waals surface area contributed by atoms with Crippen molar-refractivity contribution >= 4 is 45.0 Å². The van der Waals surface area contributed by atoms with E-state index < -0.39 is 23.7 Å². The lowest BCUT2D eigenvalue weighted by atomic mass is 9.97. The number of nitrogens with zero attached hydrogens (tertiary/aromatic N) is 1. The van der Waals surface area contributed by atoms with Crippen molar-refractivity contribution in [2.45, 2.75) is 12.5 Å². The van der Waals surface area contributed by atoms with Gasteiger partial charge in [-0.3, -0.25) is 9.69 Å². The number of ketones is 1. The molecule has 0 saturated heterocycles. The Bertz CT molecular complexity index is 903. The Morgan fingerprint density at radius 3 is 2.62 bits per heavy atom. The van der Waals surface area contributed by atoms with E-state index in [-0.39, 0.29) is 22.9 Å². The van der Waals surface area contributed by atoms with Gasteiger partial charge in [0.2, 0.25) is 0 Å². The van der Waals surface area contributed by atoms with E-state index in [1.165, 1.54) is 47.5 Å². The lowest BCUT2D eigenvalue weighted by Crippen LogP contribution is -2.37. The second-order valence-electron chi connectivity index (χ2n) is 5.64. The van der Waals surface area contributed by atoms with Crippen LogP contribution in [0, 0.1) is 11.6 Å². The zero-order valence-electron chi connectivity index (χ0n) is 13.2. The summed E-state index contributed by atoms with van der Waals surface area (Å²) in [4.78, 5) is 25.8. The molecule has 0 bridgehead atoms. The number of carbonyl (C=O) groups excluding carboxylic acids is 2. The number of urea groups is 1. The standard InChI is InChI=1S/C18H12BrClF2N2O2/c19-13-8-14(20)15(22)9-16(13)23-18(26)24-6-5-12(25)7-17(24)10-1-3-11(21)4-2-10/h1-6,8-9,17H,7H2,(H,23,26)/t17-/m0/s1. The predicted octanol–water partition coefficient (Wildman–Crippen LogP) is 5.44. The summed E-state index contributed by atoms with van der Waals surface area (Å²) >= 11 is 8.91. The van der Waals surface area contributed by atoms with E-state index in [1.54, 1.807) is 0 Å². The van der Waals surface area contributed by atoms with Crippen LogP contribution in [0.15, 0.2) is 53.1 Å². The maximum absolute atomic E-state index is 13.7. The number of rotatable bonds is 2. The van der Waals surface area contributed by atoms with Crippen LogP contribution in [-0.4, -0.2) is 16.7 Å². The summed E-state index contributed by atoms with van der Waals surface area (Å²) in [6, 6.07) is 6.83. The molecular formula is C18H12BrClF2N2O2. The molecule has 0 radical (unpaired) electrons. The van der Waals surface area contributed by atoms with Crippen molar-refractivity contribution in [3.63, 3.8) is 0 Å². The highest BCUT2D eigenvalue weighted by atomic mass is 79.9. The highest BCUT2D eigenvalue weighted by Gasteiger charge is 2.29. The Balaban J connectivity index is 1.88. The van der Waals surface area contributed by atoms with Crippen LogP contribution < -0.4 is 5.32 Å². The fourth-order valence-corrected chi connectivity index (χ4v) is 3.33. The molecule has 1 aliphatic heterocycles. The molecule has 1 atom stereocenters. The van der Waals surface area contributed by atoms with Gasteiger partial charge in [0.15, 0.2) is 5.78 Å². The molecule has 0 aromatic heterocycles. The summed E-state index contributed by atoms with van der Waals surface area (Å²) in [5.41, 5.74) is 0.806. The number of anilines is 1. The van der Waals surface area contributed by atoms with Crippen LogP contribution >= 0.6 is 27.5 Å². The lowest BCUT2D eigenvalue weighted by molar-refractivity contribution is -0.116. The van der Waals surface area contributed by atoms with Gasteiger partial charge in [-0.25, -0.2) is 13.6 Å². The van der Waals surface area contributed by atoms with Gasteiger partial charge in [-0.2, -0.15) is 0 Å². The largest absolute Gasteiger partial charge is 0.326 e. The number of nitrogens with one attached hydrogen (secondary N) is 1. The molecule has 2 aromatic carbocycles. The maximum Gasteiger partial charge on any atom is 0.326 e. The molecule has 134 valence electrons. The Morgan fingerprint density at radius 2 is 1.92 bits per heavy atom. The van der Waals surface area contributed by atoms with Crippen LogP contribution in [0.3, 0.4) is 0 Å². The zero-order valence-corrected chi connectivity index (χ0v) is 15.5. The first kappa shape index (κ1) is 18.5. The van der Waals surface area contributed by atoms with Gasteiger partial charge in [0.25, 0.3) is 0 Å². The Labute approximate surface area is 161 Å². The molecule has 3 rings (SSSR count). The van der Waals surface area contributed by atoms with Crippen LogP contribution in [0.25, 0.3) is 0 Å². The molecule has 2 amide bonds. The molecule has 0 unspecified atom stereocenters. The second kappa shape index (κ2) is 7.55. The van der Waals surface area contributed by atoms with Crippen LogP contribution in [0.5, 0.6) is 0 Å². The SMILES string of the molecule is O=C1C=CN(C(=O)Nc2cc(F)c(Cl)cc2Br)[C@H](c2ccc(F)cc2)C1. The number of halogens is 4. The fraction of sp³-hybridized carbons (Fsp3) is 0.111. The van der Waals surface area contributed by atoms with Crippen molar-refractivity contribution < 1.29 is 18.4 Å². The Hall–Kier alpha value is -2.25. The number of hydrogen-bond acceptors (Lipinski definition) is 2. The number of amides is 2. The third-order valence-electron chi connectivity index (χ3n) is 3.89. The lowest BCUT2D eigenvalue weighted by Gasteiger charge is -2.31. The Kier molecular flexibility index (Phi) is 5.38. The molecule has 4 nitrogen and oxygen atoms in total. The quantitative estimate of drug-likeness (QED) is 0.631. The average Bonchev–Trinajstić information content (AvgIpc) is 2.60. The smallest absolute Gasteiger partial charge is 0.306 e. The summed E-state index contributed by atoms with van der Waals surface area (Å²) in [7, 11) is 0. The van der Waals surface area contributed by atoms with Gasteiger partial charge >= 0.3 is 6.03 Å². The molecule has 2 aromatic rings. The first-order chi connectivity index (χ1) is 12.3. The fourth-order valence-electron chi connectivity index (χ4n) is 2.60. The van der Waals surface area contributed by atoms with Gasteiger partial charge in [-0.1, -0.05) is 23.7 Å². The Morgan fingerprint density at radius 1 is 1.23 bits per heavy atom. The number of allylic oxidation sites excluding steroid dienone is 1. The van der Waals surface area contributed by atoms with Crippen molar-refractivity contribution in [2.75, 3.05) is 5.32 Å². The molecule has 0 saturated carbocycles. The zero-order chi connectivity index (χ0) is 18.8. The van der Waals surface area contributed by atoms with E-state index in [9.17, 15) is 18.4 Å². The molecule has 0 spiro atoms. The van der Waals surface area contributed by atoms with Gasteiger partial charge in [-0.15, -0.1) is 0 Å². The van der Waals surface area contributed by atoms with Crippen LogP contribution in [-0.2, 0) is 4.79 Å². The maximum atomic E-state index is 13.7. The molecular weight excluding hydrogens is 430 g/mol. The average molecular weight is 442 g/mol. The van der Waals surface area contributed by atoms with Gasteiger partial charge in [0.05, 0.1) is 16.8 Å². The molecule has 8 heteroatoms. The third kappa shape index (κ3) is 3.94. The van der Waals surface area contributed by atoms with Crippen LogP contribution in [0.4, 0.5) is 19.3 Å². The normalized spacial score (nSPS) is 16.7. The number of carbonyl (C=O) groups is 2. The molecule has 1 N–H and O–H groups in total. The first-order valence-corrected chi connectivity index (χ1v) is 8.72. The summed E-state index contributed by atoms with van der Waals surface area (Å²) in [6.07, 6.45) is 2.71. The van der Waals surface area contributed by atoms with Crippen LogP contribution in [0.2, 0.25) is 5.02 Å². The third-order valence-corrected chi connectivity index (χ3v) is 4.84. The minimum Gasteiger partial charge on any atom is -0.306 e. The van der Waals surface area contributed by atoms with E-state index in [4.69, 9.17) is 11.6 Å². The summed E-state index contributed by atoms with van der Waals surface area (Å²) < 4.78 is 27.2. The van der Waals surface area contributed by atoms with E-state index in [0.29, 0.717) is 10.0 Å². The topological polar surface area (TPSA) is 49.4 Å². The van der Waals surface area contributed by atoms with E-state index in [2.05, 4.69) is 21.2 Å². The van der Waals surface area contributed by atoms with Gasteiger partial charge in [0.1, 0.15) is 11.6 Å². The van der Waals surface area contributed by atoms with Gasteiger partial charge < -0.3 is 5.32 Å². The van der Waals surface area contributed by atoms with E-state index in [1.807, 2.05) is 0 Å². The highest BCUT2D eigenvalue weighted by Crippen LogP contribution is 2.32. The molecule has 1 aliphatic rings. The minimum absolute atomic E-state index is 0.0612. The monoisotopic (exact) mass is 440 g/mol. The van der Waals surface area contributed by atoms with Crippen molar-refractivity contribution in [3.05, 3.63) is 75.4 Å². The van der Waals surface area contributed by atoms with Crippen molar-refractivity contribution in [3.8, 4) is 0 Å². The molecule has 26 heavy (non-hydrogen) atoms. The number of hydrogen-bond donors (Lipinski definition) is 1. The number of benzene rings is 2. The minimum atomic E-state index is -0.676. The molecule has 1 heterocycles. The summed E-state index contributed by atoms with van der Waals surface area (Å²) in [6.45, 7) is 0. The van der Waals surface area contributed by atoms with Gasteiger partial charge in [0, 0.05) is 23.2 Å². The van der Waals surface area contributed by atoms with Gasteiger partial charge in [-0.05, 0) is 45.8 Å². The van der Waals surface area contributed by atoms with Crippen LogP contribution in [0.1, 0.15) is 18.0 Å². The first-order valence-electron chi connectivity index (χ1n) is 7.55. The van der Waals surface area contributed by atoms with Crippen molar-refractivity contribution in [2.24, 2.45) is 0 Å². The highest BCUT2D eigenvalue weighted by molar-refractivity contribution is 9.10.